The smallest absolute Gasteiger partial charge is 0.224 e. The quantitative estimate of drug-likeness (QED) is 0.816. The van der Waals surface area contributed by atoms with Crippen molar-refractivity contribution in [3.8, 4) is 11.5 Å². The highest BCUT2D eigenvalue weighted by Crippen LogP contribution is 2.22. The minimum absolute atomic E-state index is 0. The Kier molecular flexibility index (Phi) is 7.09. The molecule has 0 aliphatic carbocycles. The zero-order valence-corrected chi connectivity index (χ0v) is 14.4. The van der Waals surface area contributed by atoms with Crippen LogP contribution in [0.5, 0.6) is 11.5 Å². The Morgan fingerprint density at radius 1 is 1.08 bits per heavy atom. The number of rotatable bonds is 6. The van der Waals surface area contributed by atoms with Gasteiger partial charge in [-0.25, -0.2) is 0 Å². The number of ether oxygens (including phenoxy) is 1. The van der Waals surface area contributed by atoms with Crippen molar-refractivity contribution in [1.29, 1.82) is 0 Å². The molecule has 2 aromatic carbocycles. The Hall–Kier alpha value is -2.04. The predicted molar refractivity (Wildman–Crippen MR) is 99.1 cm³/mol. The monoisotopic (exact) mass is 346 g/mol. The molecule has 0 radical (unpaired) electrons. The van der Waals surface area contributed by atoms with Crippen LogP contribution < -0.4 is 15.4 Å². The number of anilines is 1. The second kappa shape index (κ2) is 9.30. The van der Waals surface area contributed by atoms with Crippen molar-refractivity contribution in [2.75, 3.05) is 11.9 Å². The van der Waals surface area contributed by atoms with Gasteiger partial charge in [0.1, 0.15) is 11.5 Å². The molecule has 3 rings (SSSR count). The number of para-hydroxylation sites is 1. The minimum atomic E-state index is 0. The lowest BCUT2D eigenvalue weighted by molar-refractivity contribution is -0.116. The van der Waals surface area contributed by atoms with Gasteiger partial charge < -0.3 is 15.4 Å². The Balaban J connectivity index is 0.00000208. The summed E-state index contributed by atoms with van der Waals surface area (Å²) in [5.74, 6) is 1.62. The summed E-state index contributed by atoms with van der Waals surface area (Å²) in [5.41, 5.74) is 0.801. The molecule has 1 saturated heterocycles. The van der Waals surface area contributed by atoms with Crippen molar-refractivity contribution >= 4 is 24.0 Å². The first-order valence-electron chi connectivity index (χ1n) is 8.16. The van der Waals surface area contributed by atoms with Crippen molar-refractivity contribution in [2.24, 2.45) is 0 Å². The normalized spacial score (nSPS) is 16.2. The van der Waals surface area contributed by atoms with Crippen LogP contribution in [0.25, 0.3) is 0 Å². The molecule has 0 aromatic heterocycles. The highest BCUT2D eigenvalue weighted by atomic mass is 35.5. The molecule has 5 heteroatoms. The van der Waals surface area contributed by atoms with Gasteiger partial charge in [0.25, 0.3) is 0 Å². The van der Waals surface area contributed by atoms with Crippen molar-refractivity contribution in [3.63, 3.8) is 0 Å². The van der Waals surface area contributed by atoms with Crippen LogP contribution in [0.2, 0.25) is 0 Å². The summed E-state index contributed by atoms with van der Waals surface area (Å²) >= 11 is 0. The molecule has 128 valence electrons. The fraction of sp³-hybridized carbons (Fsp3) is 0.316. The van der Waals surface area contributed by atoms with Crippen LogP contribution in [-0.2, 0) is 4.79 Å². The largest absolute Gasteiger partial charge is 0.457 e. The fourth-order valence-electron chi connectivity index (χ4n) is 2.76. The van der Waals surface area contributed by atoms with Gasteiger partial charge in [-0.3, -0.25) is 4.79 Å². The van der Waals surface area contributed by atoms with Crippen LogP contribution in [0.1, 0.15) is 25.7 Å². The molecule has 24 heavy (non-hydrogen) atoms. The van der Waals surface area contributed by atoms with Crippen molar-refractivity contribution < 1.29 is 9.53 Å². The topological polar surface area (TPSA) is 50.4 Å². The molecular formula is C19H23ClN2O2. The Morgan fingerprint density at radius 3 is 2.46 bits per heavy atom. The predicted octanol–water partition coefficient (Wildman–Crippen LogP) is 4.37. The summed E-state index contributed by atoms with van der Waals surface area (Å²) < 4.78 is 5.73. The lowest BCUT2D eigenvalue weighted by atomic mass is 10.1. The number of halogens is 1. The lowest BCUT2D eigenvalue weighted by Gasteiger charge is -2.10. The molecule has 1 atom stereocenters. The third-order valence-corrected chi connectivity index (χ3v) is 4.00. The summed E-state index contributed by atoms with van der Waals surface area (Å²) in [4.78, 5) is 12.0. The summed E-state index contributed by atoms with van der Waals surface area (Å²) in [6.45, 7) is 1.08. The molecule has 1 heterocycles. The van der Waals surface area contributed by atoms with E-state index in [1.165, 1.54) is 12.8 Å². The van der Waals surface area contributed by atoms with Gasteiger partial charge in [-0.2, -0.15) is 0 Å². The summed E-state index contributed by atoms with van der Waals surface area (Å²) in [5, 5.41) is 6.34. The van der Waals surface area contributed by atoms with Crippen LogP contribution in [0.15, 0.2) is 54.6 Å². The second-order valence-corrected chi connectivity index (χ2v) is 5.82. The Morgan fingerprint density at radius 2 is 1.79 bits per heavy atom. The first-order valence-corrected chi connectivity index (χ1v) is 8.16. The average molecular weight is 347 g/mol. The number of benzene rings is 2. The Bertz CT molecular complexity index is 626. The van der Waals surface area contributed by atoms with Gasteiger partial charge in [-0.1, -0.05) is 18.2 Å². The van der Waals surface area contributed by atoms with E-state index < -0.39 is 0 Å². The third-order valence-electron chi connectivity index (χ3n) is 4.00. The number of hydrogen-bond acceptors (Lipinski definition) is 3. The van der Waals surface area contributed by atoms with E-state index in [1.54, 1.807) is 0 Å². The van der Waals surface area contributed by atoms with Gasteiger partial charge >= 0.3 is 0 Å². The first kappa shape index (κ1) is 18.3. The maximum atomic E-state index is 12.0. The molecule has 4 nitrogen and oxygen atoms in total. The number of hydrogen-bond donors (Lipinski definition) is 2. The number of carbonyl (C=O) groups is 1. The summed E-state index contributed by atoms with van der Waals surface area (Å²) in [6, 6.07) is 17.6. The van der Waals surface area contributed by atoms with E-state index in [0.29, 0.717) is 12.5 Å². The van der Waals surface area contributed by atoms with Gasteiger partial charge in [0.2, 0.25) is 5.91 Å². The highest BCUT2D eigenvalue weighted by molar-refractivity contribution is 5.90. The molecule has 1 amide bonds. The Labute approximate surface area is 149 Å². The minimum Gasteiger partial charge on any atom is -0.457 e. The highest BCUT2D eigenvalue weighted by Gasteiger charge is 2.15. The summed E-state index contributed by atoms with van der Waals surface area (Å²) in [6.07, 6.45) is 3.86. The first-order chi connectivity index (χ1) is 11.3. The van der Waals surface area contributed by atoms with Crippen LogP contribution >= 0.6 is 12.4 Å². The maximum absolute atomic E-state index is 12.0. The van der Waals surface area contributed by atoms with E-state index in [2.05, 4.69) is 10.6 Å². The molecular weight excluding hydrogens is 324 g/mol. The van der Waals surface area contributed by atoms with Crippen molar-refractivity contribution in [3.05, 3.63) is 54.6 Å². The van der Waals surface area contributed by atoms with E-state index in [1.807, 2.05) is 54.6 Å². The molecule has 2 aromatic rings. The van der Waals surface area contributed by atoms with E-state index in [4.69, 9.17) is 4.74 Å². The zero-order valence-electron chi connectivity index (χ0n) is 13.5. The van der Waals surface area contributed by atoms with E-state index in [0.717, 1.165) is 30.2 Å². The lowest BCUT2D eigenvalue weighted by Crippen LogP contribution is -2.23. The SMILES string of the molecule is Cl.O=C(CCC1CCCN1)Nc1ccc(Oc2ccccc2)cc1. The van der Waals surface area contributed by atoms with E-state index in [-0.39, 0.29) is 18.3 Å². The molecule has 0 bridgehead atoms. The third kappa shape index (κ3) is 5.55. The van der Waals surface area contributed by atoms with Crippen LogP contribution in [0, 0.1) is 0 Å². The van der Waals surface area contributed by atoms with Gasteiger partial charge in [0.15, 0.2) is 0 Å². The average Bonchev–Trinajstić information content (AvgIpc) is 3.09. The second-order valence-electron chi connectivity index (χ2n) is 5.82. The molecule has 0 saturated carbocycles. The molecule has 1 unspecified atom stereocenters. The van der Waals surface area contributed by atoms with E-state index in [9.17, 15) is 4.79 Å². The van der Waals surface area contributed by atoms with Gasteiger partial charge in [-0.15, -0.1) is 12.4 Å². The van der Waals surface area contributed by atoms with Crippen molar-refractivity contribution in [2.45, 2.75) is 31.7 Å². The number of amides is 1. The zero-order chi connectivity index (χ0) is 15.9. The van der Waals surface area contributed by atoms with Crippen LogP contribution in [-0.4, -0.2) is 18.5 Å². The fourth-order valence-corrected chi connectivity index (χ4v) is 2.76. The van der Waals surface area contributed by atoms with Gasteiger partial charge in [0, 0.05) is 18.2 Å². The molecule has 1 aliphatic heterocycles. The van der Waals surface area contributed by atoms with Crippen LogP contribution in [0.4, 0.5) is 5.69 Å². The molecule has 2 N–H and O–H groups in total. The van der Waals surface area contributed by atoms with E-state index >= 15 is 0 Å². The number of carbonyl (C=O) groups excluding carboxylic acids is 1. The number of nitrogens with one attached hydrogen (secondary N) is 2. The van der Waals surface area contributed by atoms with Crippen LogP contribution in [0.3, 0.4) is 0 Å². The summed E-state index contributed by atoms with van der Waals surface area (Å²) in [7, 11) is 0. The standard InChI is InChI=1S/C19H22N2O2.ClH/c22-19(13-10-15-5-4-14-20-15)21-16-8-11-18(12-9-16)23-17-6-2-1-3-7-17;/h1-3,6-9,11-12,15,20H,4-5,10,13-14H2,(H,21,22);1H. The molecule has 1 fully saturated rings. The van der Waals surface area contributed by atoms with Crippen molar-refractivity contribution in [1.82, 2.24) is 5.32 Å². The maximum Gasteiger partial charge on any atom is 0.224 e. The van der Waals surface area contributed by atoms with Gasteiger partial charge in [0.05, 0.1) is 0 Å². The molecule has 1 aliphatic rings. The molecule has 0 spiro atoms. The van der Waals surface area contributed by atoms with Gasteiger partial charge in [-0.05, 0) is 62.2 Å².